The number of sulfonamides is 1. The Hall–Kier alpha value is -1.60. The van der Waals surface area contributed by atoms with Crippen molar-refractivity contribution in [3.05, 3.63) is 24.3 Å². The van der Waals surface area contributed by atoms with Crippen molar-refractivity contribution in [1.82, 2.24) is 4.31 Å². The van der Waals surface area contributed by atoms with Crippen molar-refractivity contribution >= 4 is 21.4 Å². The lowest BCUT2D eigenvalue weighted by Gasteiger charge is -2.36. The summed E-state index contributed by atoms with van der Waals surface area (Å²) in [5.74, 6) is 0. The maximum absolute atomic E-state index is 12.6. The minimum Gasteiger partial charge on any atom is -0.399 e. The highest BCUT2D eigenvalue weighted by Gasteiger charge is 2.43. The third-order valence-electron chi connectivity index (χ3n) is 4.12. The molecule has 0 aromatic heterocycles. The molecule has 1 aromatic carbocycles. The molecule has 0 bridgehead atoms. The average molecular weight is 309 g/mol. The van der Waals surface area contributed by atoms with Crippen LogP contribution in [0.2, 0.25) is 0 Å². The number of nitrogens with two attached hydrogens (primary N) is 1. The fourth-order valence-corrected chi connectivity index (χ4v) is 4.34. The zero-order chi connectivity index (χ0) is 15.1. The molecule has 7 heteroatoms. The van der Waals surface area contributed by atoms with Crippen LogP contribution >= 0.6 is 0 Å². The van der Waals surface area contributed by atoms with Crippen LogP contribution in [-0.2, 0) is 14.9 Å². The van der Waals surface area contributed by atoms with Crippen LogP contribution in [0.3, 0.4) is 0 Å². The molecule has 2 aliphatic heterocycles. The molecule has 21 heavy (non-hydrogen) atoms. The van der Waals surface area contributed by atoms with Gasteiger partial charge in [0.25, 0.3) is 0 Å². The third kappa shape index (κ3) is 2.63. The topological polar surface area (TPSA) is 85.0 Å². The molecule has 0 saturated carbocycles. The van der Waals surface area contributed by atoms with E-state index in [4.69, 9.17) is 10.6 Å². The predicted octanol–water partition coefficient (Wildman–Crippen LogP) is 1.59. The monoisotopic (exact) mass is 309 g/mol. The highest BCUT2D eigenvalue weighted by Crippen LogP contribution is 2.36. The van der Waals surface area contributed by atoms with E-state index in [1.54, 1.807) is 24.3 Å². The van der Waals surface area contributed by atoms with Gasteiger partial charge in [0.2, 0.25) is 10.0 Å². The lowest BCUT2D eigenvalue weighted by Crippen LogP contribution is -2.46. The lowest BCUT2D eigenvalue weighted by atomic mass is 9.88. The number of anilines is 1. The Balaban J connectivity index is 1.73. The van der Waals surface area contributed by atoms with E-state index in [9.17, 15) is 8.42 Å². The van der Waals surface area contributed by atoms with Crippen molar-refractivity contribution < 1.29 is 13.3 Å². The van der Waals surface area contributed by atoms with Gasteiger partial charge in [0, 0.05) is 38.0 Å². The molecule has 0 unspecified atom stereocenters. The molecule has 1 fully saturated rings. The summed E-state index contributed by atoms with van der Waals surface area (Å²) in [5, 5.41) is 4.00. The molecule has 114 valence electrons. The Bertz CT molecular complexity index is 659. The van der Waals surface area contributed by atoms with E-state index in [1.807, 2.05) is 6.92 Å². The first-order valence-electron chi connectivity index (χ1n) is 6.99. The van der Waals surface area contributed by atoms with E-state index >= 15 is 0 Å². The van der Waals surface area contributed by atoms with Crippen molar-refractivity contribution in [2.45, 2.75) is 36.7 Å². The maximum Gasteiger partial charge on any atom is 0.243 e. The van der Waals surface area contributed by atoms with Crippen molar-refractivity contribution in [2.24, 2.45) is 5.16 Å². The van der Waals surface area contributed by atoms with Crippen molar-refractivity contribution in [2.75, 3.05) is 18.8 Å². The summed E-state index contributed by atoms with van der Waals surface area (Å²) >= 11 is 0. The van der Waals surface area contributed by atoms with E-state index in [-0.39, 0.29) is 10.5 Å². The number of rotatable bonds is 2. The first kappa shape index (κ1) is 14.3. The quantitative estimate of drug-likeness (QED) is 0.841. The van der Waals surface area contributed by atoms with Gasteiger partial charge in [0.05, 0.1) is 10.6 Å². The summed E-state index contributed by atoms with van der Waals surface area (Å²) in [6.07, 6.45) is 2.13. The summed E-state index contributed by atoms with van der Waals surface area (Å²) in [4.78, 5) is 5.81. The van der Waals surface area contributed by atoms with E-state index in [0.717, 1.165) is 12.1 Å². The van der Waals surface area contributed by atoms with Gasteiger partial charge in [0.1, 0.15) is 5.60 Å². The average Bonchev–Trinajstić information content (AvgIpc) is 2.81. The number of hydrogen-bond donors (Lipinski definition) is 1. The standard InChI is InChI=1S/C14H19N3O3S/c1-11-10-14(20-16-11)6-8-17(9-7-14)21(18,19)13-4-2-12(15)3-5-13/h2-5H,6-10,15H2,1H3. The number of nitrogens with zero attached hydrogens (tertiary/aromatic N) is 2. The second kappa shape index (κ2) is 4.99. The lowest BCUT2D eigenvalue weighted by molar-refractivity contribution is -0.0506. The number of hydrogen-bond acceptors (Lipinski definition) is 5. The Morgan fingerprint density at radius 3 is 2.38 bits per heavy atom. The first-order valence-corrected chi connectivity index (χ1v) is 8.43. The largest absolute Gasteiger partial charge is 0.399 e. The van der Waals surface area contributed by atoms with Gasteiger partial charge in [-0.1, -0.05) is 5.16 Å². The smallest absolute Gasteiger partial charge is 0.243 e. The molecule has 0 radical (unpaired) electrons. The number of benzene rings is 1. The van der Waals surface area contributed by atoms with Crippen LogP contribution in [-0.4, -0.2) is 37.1 Å². The minimum absolute atomic E-state index is 0.285. The molecule has 1 spiro atoms. The van der Waals surface area contributed by atoms with Crippen LogP contribution in [0.25, 0.3) is 0 Å². The molecule has 1 aromatic rings. The Morgan fingerprint density at radius 2 is 1.86 bits per heavy atom. The van der Waals surface area contributed by atoms with Gasteiger partial charge in [-0.2, -0.15) is 4.31 Å². The Kier molecular flexibility index (Phi) is 3.41. The van der Waals surface area contributed by atoms with Crippen molar-refractivity contribution in [3.63, 3.8) is 0 Å². The van der Waals surface area contributed by atoms with Crippen molar-refractivity contribution in [1.29, 1.82) is 0 Å². The highest BCUT2D eigenvalue weighted by molar-refractivity contribution is 7.89. The fourth-order valence-electron chi connectivity index (χ4n) is 2.90. The van der Waals surface area contributed by atoms with E-state index in [1.165, 1.54) is 4.31 Å². The fraction of sp³-hybridized carbons (Fsp3) is 0.500. The zero-order valence-electron chi connectivity index (χ0n) is 11.9. The Labute approximate surface area is 124 Å². The molecule has 2 aliphatic rings. The summed E-state index contributed by atoms with van der Waals surface area (Å²) in [6.45, 7) is 2.84. The van der Waals surface area contributed by atoms with Gasteiger partial charge in [-0.05, 0) is 31.2 Å². The SMILES string of the molecule is CC1=NOC2(CCN(S(=O)(=O)c3ccc(N)cc3)CC2)C1. The number of piperidine rings is 1. The predicted molar refractivity (Wildman–Crippen MR) is 80.4 cm³/mol. The van der Waals surface area contributed by atoms with Gasteiger partial charge in [-0.25, -0.2) is 8.42 Å². The summed E-state index contributed by atoms with van der Waals surface area (Å²) in [5.41, 5.74) is 6.84. The van der Waals surface area contributed by atoms with Crippen LogP contribution in [0, 0.1) is 0 Å². The zero-order valence-corrected chi connectivity index (χ0v) is 12.8. The van der Waals surface area contributed by atoms with Gasteiger partial charge in [0.15, 0.2) is 0 Å². The molecule has 1 saturated heterocycles. The van der Waals surface area contributed by atoms with Crippen molar-refractivity contribution in [3.8, 4) is 0 Å². The van der Waals surface area contributed by atoms with E-state index in [0.29, 0.717) is 31.6 Å². The molecule has 2 heterocycles. The first-order chi connectivity index (χ1) is 9.91. The number of nitrogen functional groups attached to an aromatic ring is 1. The molecule has 0 amide bonds. The van der Waals surface area contributed by atoms with Crippen LogP contribution in [0.1, 0.15) is 26.2 Å². The Morgan fingerprint density at radius 1 is 1.24 bits per heavy atom. The molecular formula is C14H19N3O3S. The van der Waals surface area contributed by atoms with Crippen LogP contribution in [0.5, 0.6) is 0 Å². The summed E-state index contributed by atoms with van der Waals surface area (Å²) in [6, 6.07) is 6.31. The molecule has 0 atom stereocenters. The molecule has 6 nitrogen and oxygen atoms in total. The number of oxime groups is 1. The normalized spacial score (nSPS) is 22.0. The second-order valence-corrected chi connectivity index (χ2v) is 7.69. The maximum atomic E-state index is 12.6. The van der Waals surface area contributed by atoms with Gasteiger partial charge >= 0.3 is 0 Å². The van der Waals surface area contributed by atoms with E-state index in [2.05, 4.69) is 5.16 Å². The van der Waals surface area contributed by atoms with Gasteiger partial charge in [-0.3, -0.25) is 0 Å². The molecule has 3 rings (SSSR count). The highest BCUT2D eigenvalue weighted by atomic mass is 32.2. The third-order valence-corrected chi connectivity index (χ3v) is 6.04. The van der Waals surface area contributed by atoms with Crippen LogP contribution in [0.15, 0.2) is 34.3 Å². The van der Waals surface area contributed by atoms with Crippen LogP contribution in [0.4, 0.5) is 5.69 Å². The molecule has 2 N–H and O–H groups in total. The van der Waals surface area contributed by atoms with Crippen LogP contribution < -0.4 is 5.73 Å². The summed E-state index contributed by atoms with van der Waals surface area (Å²) in [7, 11) is -3.45. The van der Waals surface area contributed by atoms with Gasteiger partial charge < -0.3 is 10.6 Å². The summed E-state index contributed by atoms with van der Waals surface area (Å²) < 4.78 is 26.7. The molecular weight excluding hydrogens is 290 g/mol. The molecule has 0 aliphatic carbocycles. The minimum atomic E-state index is -3.45. The van der Waals surface area contributed by atoms with E-state index < -0.39 is 10.0 Å². The van der Waals surface area contributed by atoms with Gasteiger partial charge in [-0.15, -0.1) is 0 Å². The second-order valence-electron chi connectivity index (χ2n) is 5.75.